The molecule has 8 nitrogen and oxygen atoms in total. The van der Waals surface area contributed by atoms with Crippen molar-refractivity contribution in [2.24, 2.45) is 5.92 Å². The second kappa shape index (κ2) is 10.4. The molecule has 1 N–H and O–H groups in total. The van der Waals surface area contributed by atoms with Gasteiger partial charge in [0.2, 0.25) is 15.9 Å². The van der Waals surface area contributed by atoms with Crippen LogP contribution in [0.15, 0.2) is 59.5 Å². The van der Waals surface area contributed by atoms with Gasteiger partial charge in [-0.15, -0.1) is 0 Å². The minimum atomic E-state index is -3.46. The Bertz CT molecular complexity index is 1350. The SMILES string of the molecule is COc1ccccc1CNC(=O)[C@H]1CCCN(c2ccc3cc(S(=O)(=O)N4CCCC4)ccc3n2)C1. The zero-order chi connectivity index (χ0) is 25.1. The second-order valence-electron chi connectivity index (χ2n) is 9.45. The number of fused-ring (bicyclic) bond motifs is 1. The zero-order valence-corrected chi connectivity index (χ0v) is 21.3. The molecule has 0 radical (unpaired) electrons. The fourth-order valence-corrected chi connectivity index (χ4v) is 6.63. The molecule has 2 saturated heterocycles. The van der Waals surface area contributed by atoms with Crippen LogP contribution in [0.4, 0.5) is 5.82 Å². The lowest BCUT2D eigenvalue weighted by molar-refractivity contribution is -0.125. The Morgan fingerprint density at radius 2 is 1.86 bits per heavy atom. The number of pyridine rings is 1. The Labute approximate surface area is 212 Å². The molecular weight excluding hydrogens is 476 g/mol. The van der Waals surface area contributed by atoms with Crippen molar-refractivity contribution >= 4 is 32.7 Å². The number of anilines is 1. The third-order valence-corrected chi connectivity index (χ3v) is 9.01. The number of methoxy groups -OCH3 is 1. The number of sulfonamides is 1. The summed E-state index contributed by atoms with van der Waals surface area (Å²) in [5.74, 6) is 1.47. The molecule has 1 atom stereocenters. The number of hydrogen-bond acceptors (Lipinski definition) is 6. The van der Waals surface area contributed by atoms with E-state index in [0.29, 0.717) is 31.1 Å². The number of carbonyl (C=O) groups is 1. The van der Waals surface area contributed by atoms with Gasteiger partial charge in [0.15, 0.2) is 0 Å². The summed E-state index contributed by atoms with van der Waals surface area (Å²) in [6.07, 6.45) is 3.55. The van der Waals surface area contributed by atoms with Gasteiger partial charge in [-0.1, -0.05) is 18.2 Å². The summed E-state index contributed by atoms with van der Waals surface area (Å²) in [6.45, 7) is 3.02. The number of nitrogens with one attached hydrogen (secondary N) is 1. The highest BCUT2D eigenvalue weighted by atomic mass is 32.2. The highest BCUT2D eigenvalue weighted by Gasteiger charge is 2.28. The Balaban J connectivity index is 1.27. The van der Waals surface area contributed by atoms with Gasteiger partial charge in [-0.2, -0.15) is 4.31 Å². The zero-order valence-electron chi connectivity index (χ0n) is 20.5. The highest BCUT2D eigenvalue weighted by molar-refractivity contribution is 7.89. The summed E-state index contributed by atoms with van der Waals surface area (Å²) < 4.78 is 32.8. The summed E-state index contributed by atoms with van der Waals surface area (Å²) >= 11 is 0. The first-order chi connectivity index (χ1) is 17.5. The molecule has 190 valence electrons. The predicted molar refractivity (Wildman–Crippen MR) is 140 cm³/mol. The Morgan fingerprint density at radius 1 is 1.06 bits per heavy atom. The molecule has 1 amide bonds. The summed E-state index contributed by atoms with van der Waals surface area (Å²) in [7, 11) is -1.84. The van der Waals surface area contributed by atoms with E-state index in [4.69, 9.17) is 9.72 Å². The first kappa shape index (κ1) is 24.5. The molecular formula is C27H32N4O4S. The lowest BCUT2D eigenvalue weighted by atomic mass is 9.97. The van der Waals surface area contributed by atoms with Crippen LogP contribution in [0.5, 0.6) is 5.75 Å². The average molecular weight is 509 g/mol. The summed E-state index contributed by atoms with van der Waals surface area (Å²) in [5.41, 5.74) is 1.69. The maximum Gasteiger partial charge on any atom is 0.243 e. The number of rotatable bonds is 7. The van der Waals surface area contributed by atoms with E-state index in [0.717, 1.165) is 60.3 Å². The molecule has 0 saturated carbocycles. The third-order valence-electron chi connectivity index (χ3n) is 7.11. The van der Waals surface area contributed by atoms with Crippen LogP contribution in [-0.2, 0) is 21.4 Å². The van der Waals surface area contributed by atoms with Crippen LogP contribution in [0.2, 0.25) is 0 Å². The number of ether oxygens (including phenoxy) is 1. The van der Waals surface area contributed by atoms with Gasteiger partial charge in [-0.25, -0.2) is 13.4 Å². The molecule has 2 aliphatic rings. The topological polar surface area (TPSA) is 91.8 Å². The van der Waals surface area contributed by atoms with E-state index in [9.17, 15) is 13.2 Å². The monoisotopic (exact) mass is 508 g/mol. The van der Waals surface area contributed by atoms with Crippen molar-refractivity contribution < 1.29 is 17.9 Å². The van der Waals surface area contributed by atoms with E-state index < -0.39 is 10.0 Å². The van der Waals surface area contributed by atoms with Gasteiger partial charge in [-0.05, 0) is 62.1 Å². The van der Waals surface area contributed by atoms with Gasteiger partial charge in [-0.3, -0.25) is 4.79 Å². The van der Waals surface area contributed by atoms with E-state index in [-0.39, 0.29) is 11.8 Å². The minimum Gasteiger partial charge on any atom is -0.496 e. The molecule has 0 unspecified atom stereocenters. The number of nitrogens with zero attached hydrogens (tertiary/aromatic N) is 3. The van der Waals surface area contributed by atoms with Crippen LogP contribution >= 0.6 is 0 Å². The number of carbonyl (C=O) groups excluding carboxylic acids is 1. The minimum absolute atomic E-state index is 0.0307. The van der Waals surface area contributed by atoms with Crippen LogP contribution in [0.3, 0.4) is 0 Å². The van der Waals surface area contributed by atoms with Crippen LogP contribution in [0.1, 0.15) is 31.2 Å². The molecule has 2 aliphatic heterocycles. The lowest BCUT2D eigenvalue weighted by Gasteiger charge is -2.33. The van der Waals surface area contributed by atoms with Gasteiger partial charge in [0.05, 0.1) is 23.4 Å². The van der Waals surface area contributed by atoms with E-state index in [1.54, 1.807) is 29.6 Å². The smallest absolute Gasteiger partial charge is 0.243 e. The number of para-hydroxylation sites is 1. The molecule has 36 heavy (non-hydrogen) atoms. The van der Waals surface area contributed by atoms with Gasteiger partial charge in [0, 0.05) is 43.7 Å². The molecule has 0 spiro atoms. The largest absolute Gasteiger partial charge is 0.496 e. The quantitative estimate of drug-likeness (QED) is 0.525. The van der Waals surface area contributed by atoms with Crippen LogP contribution in [0.25, 0.3) is 10.9 Å². The van der Waals surface area contributed by atoms with Crippen molar-refractivity contribution in [1.82, 2.24) is 14.6 Å². The molecule has 5 rings (SSSR count). The van der Waals surface area contributed by atoms with Crippen molar-refractivity contribution in [3.05, 3.63) is 60.2 Å². The molecule has 0 bridgehead atoms. The molecule has 3 aromatic rings. The van der Waals surface area contributed by atoms with Crippen molar-refractivity contribution in [3.8, 4) is 5.75 Å². The first-order valence-electron chi connectivity index (χ1n) is 12.5. The normalized spacial score (nSPS) is 18.9. The Hall–Kier alpha value is -3.17. The molecule has 3 heterocycles. The number of benzene rings is 2. The second-order valence-corrected chi connectivity index (χ2v) is 11.4. The van der Waals surface area contributed by atoms with Gasteiger partial charge in [0.1, 0.15) is 11.6 Å². The number of amides is 1. The molecule has 2 aromatic carbocycles. The van der Waals surface area contributed by atoms with Gasteiger partial charge < -0.3 is 15.0 Å². The van der Waals surface area contributed by atoms with E-state index in [1.807, 2.05) is 36.4 Å². The molecule has 9 heteroatoms. The summed E-state index contributed by atoms with van der Waals surface area (Å²) in [4.78, 5) is 20.2. The maximum atomic E-state index is 12.9. The summed E-state index contributed by atoms with van der Waals surface area (Å²) in [6, 6.07) is 16.7. The van der Waals surface area contributed by atoms with Crippen molar-refractivity contribution in [1.29, 1.82) is 0 Å². The molecule has 2 fully saturated rings. The number of aromatic nitrogens is 1. The fraction of sp³-hybridized carbons (Fsp3) is 0.407. The van der Waals surface area contributed by atoms with Crippen LogP contribution in [-0.4, -0.2) is 56.9 Å². The first-order valence-corrected chi connectivity index (χ1v) is 14.0. The third kappa shape index (κ3) is 5.03. The Morgan fingerprint density at radius 3 is 2.67 bits per heavy atom. The van der Waals surface area contributed by atoms with Crippen molar-refractivity contribution in [3.63, 3.8) is 0 Å². The fourth-order valence-electron chi connectivity index (χ4n) is 5.08. The Kier molecular flexibility index (Phi) is 7.11. The average Bonchev–Trinajstić information content (AvgIpc) is 3.47. The van der Waals surface area contributed by atoms with Crippen LogP contribution in [0, 0.1) is 5.92 Å². The maximum absolute atomic E-state index is 12.9. The standard InChI is InChI=1S/C27H32N4O4S/c1-35-25-9-3-2-7-21(25)18-28-27(32)22-8-6-14-30(19-22)26-13-10-20-17-23(11-12-24(20)29-26)36(33,34)31-15-4-5-16-31/h2-3,7,9-13,17,22H,4-6,8,14-16,18-19H2,1H3,(H,28,32)/t22-/m0/s1. The number of hydrogen-bond donors (Lipinski definition) is 1. The van der Waals surface area contributed by atoms with Crippen LogP contribution < -0.4 is 15.0 Å². The lowest BCUT2D eigenvalue weighted by Crippen LogP contribution is -2.43. The molecule has 1 aromatic heterocycles. The molecule has 0 aliphatic carbocycles. The van der Waals surface area contributed by atoms with E-state index in [1.165, 1.54) is 0 Å². The summed E-state index contributed by atoms with van der Waals surface area (Å²) in [5, 5.41) is 3.86. The van der Waals surface area contributed by atoms with Crippen molar-refractivity contribution in [2.45, 2.75) is 37.1 Å². The van der Waals surface area contributed by atoms with E-state index in [2.05, 4.69) is 10.2 Å². The van der Waals surface area contributed by atoms with Crippen molar-refractivity contribution in [2.75, 3.05) is 38.2 Å². The van der Waals surface area contributed by atoms with E-state index >= 15 is 0 Å². The number of piperidine rings is 1. The predicted octanol–water partition coefficient (Wildman–Crippen LogP) is 3.56. The van der Waals surface area contributed by atoms with Gasteiger partial charge in [0.25, 0.3) is 0 Å². The van der Waals surface area contributed by atoms with Gasteiger partial charge >= 0.3 is 0 Å². The highest BCUT2D eigenvalue weighted by Crippen LogP contribution is 2.27.